The molecule has 1 saturated heterocycles. The summed E-state index contributed by atoms with van der Waals surface area (Å²) in [5, 5.41) is 0.986. The molecule has 8 nitrogen and oxygen atoms in total. The summed E-state index contributed by atoms with van der Waals surface area (Å²) in [7, 11) is 7.31. The van der Waals surface area contributed by atoms with Gasteiger partial charge in [0.1, 0.15) is 17.7 Å². The van der Waals surface area contributed by atoms with Gasteiger partial charge >= 0.3 is 0 Å². The molecule has 33 heavy (non-hydrogen) atoms. The van der Waals surface area contributed by atoms with Gasteiger partial charge in [0.05, 0.1) is 18.3 Å². The zero-order valence-corrected chi connectivity index (χ0v) is 19.7. The summed E-state index contributed by atoms with van der Waals surface area (Å²) < 4.78 is 8.12. The third kappa shape index (κ3) is 5.17. The Bertz CT molecular complexity index is 1130. The predicted molar refractivity (Wildman–Crippen MR) is 128 cm³/mol. The molecule has 1 aliphatic rings. The number of benzene rings is 1. The number of nitrogens with zero attached hydrogens (tertiary/aromatic N) is 5. The summed E-state index contributed by atoms with van der Waals surface area (Å²) in [5.74, 6) is 1.67. The molecular weight excluding hydrogens is 418 g/mol. The van der Waals surface area contributed by atoms with Gasteiger partial charge in [-0.3, -0.25) is 9.59 Å². The van der Waals surface area contributed by atoms with Crippen LogP contribution in [0.2, 0.25) is 0 Å². The second-order valence-electron chi connectivity index (χ2n) is 8.95. The van der Waals surface area contributed by atoms with Crippen molar-refractivity contribution in [2.24, 2.45) is 0 Å². The van der Waals surface area contributed by atoms with Crippen LogP contribution in [0.25, 0.3) is 16.7 Å². The highest BCUT2D eigenvalue weighted by molar-refractivity contribution is 5.98. The van der Waals surface area contributed by atoms with E-state index in [1.54, 1.807) is 25.2 Å². The van der Waals surface area contributed by atoms with Gasteiger partial charge in [-0.2, -0.15) is 0 Å². The molecule has 0 bridgehead atoms. The summed E-state index contributed by atoms with van der Waals surface area (Å²) >= 11 is 0. The standard InChI is InChI=1S/C25H31N5O3/c1-27(2)17-24(31)29-12-10-20(11-13-29)33-21-6-8-23(26-16-21)30-14-9-18-15-19(5-7-22(18)30)25(32)28(3)4/h5-9,14-16,20H,10-13,17H2,1-4H3. The van der Waals surface area contributed by atoms with E-state index in [4.69, 9.17) is 4.74 Å². The van der Waals surface area contributed by atoms with E-state index in [1.807, 2.05) is 71.1 Å². The molecule has 8 heteroatoms. The van der Waals surface area contributed by atoms with Gasteiger partial charge in [-0.05, 0) is 50.5 Å². The van der Waals surface area contributed by atoms with Crippen molar-refractivity contribution in [3.05, 3.63) is 54.4 Å². The molecule has 0 atom stereocenters. The first-order chi connectivity index (χ1) is 15.8. The Balaban J connectivity index is 1.39. The summed E-state index contributed by atoms with van der Waals surface area (Å²) in [4.78, 5) is 34.4. The van der Waals surface area contributed by atoms with Gasteiger partial charge in [0.2, 0.25) is 5.91 Å². The van der Waals surface area contributed by atoms with E-state index in [-0.39, 0.29) is 17.9 Å². The van der Waals surface area contributed by atoms with Crippen LogP contribution in [0.15, 0.2) is 48.8 Å². The van der Waals surface area contributed by atoms with Gasteiger partial charge in [-0.15, -0.1) is 0 Å². The van der Waals surface area contributed by atoms with Gasteiger partial charge in [0.25, 0.3) is 5.91 Å². The molecule has 0 N–H and O–H groups in total. The molecule has 2 amide bonds. The second-order valence-corrected chi connectivity index (χ2v) is 8.95. The number of fused-ring (bicyclic) bond motifs is 1. The molecule has 0 unspecified atom stereocenters. The quantitative estimate of drug-likeness (QED) is 0.579. The maximum atomic E-state index is 12.2. The molecule has 4 rings (SSSR count). The number of likely N-dealkylation sites (tertiary alicyclic amines) is 1. The minimum atomic E-state index is -0.0165. The number of carbonyl (C=O) groups is 2. The summed E-state index contributed by atoms with van der Waals surface area (Å²) in [6.45, 7) is 1.88. The first kappa shape index (κ1) is 22.8. The van der Waals surface area contributed by atoms with Crippen LogP contribution in [0.5, 0.6) is 5.75 Å². The molecule has 0 spiro atoms. The lowest BCUT2D eigenvalue weighted by atomic mass is 10.1. The fraction of sp³-hybridized carbons (Fsp3) is 0.400. The van der Waals surface area contributed by atoms with E-state index >= 15 is 0 Å². The highest BCUT2D eigenvalue weighted by Crippen LogP contribution is 2.24. The molecule has 3 aromatic rings. The number of pyridine rings is 1. The Morgan fingerprint density at radius 2 is 1.82 bits per heavy atom. The Morgan fingerprint density at radius 3 is 2.45 bits per heavy atom. The van der Waals surface area contributed by atoms with Crippen molar-refractivity contribution in [1.82, 2.24) is 24.3 Å². The molecule has 1 aromatic carbocycles. The Hall–Kier alpha value is -3.39. The van der Waals surface area contributed by atoms with Crippen molar-refractivity contribution in [2.75, 3.05) is 47.8 Å². The largest absolute Gasteiger partial charge is 0.489 e. The fourth-order valence-corrected chi connectivity index (χ4v) is 4.10. The molecule has 0 aliphatic carbocycles. The second kappa shape index (κ2) is 9.62. The zero-order chi connectivity index (χ0) is 23.5. The first-order valence-corrected chi connectivity index (χ1v) is 11.2. The lowest BCUT2D eigenvalue weighted by Gasteiger charge is -2.32. The Morgan fingerprint density at radius 1 is 1.06 bits per heavy atom. The Labute approximate surface area is 194 Å². The number of aromatic nitrogens is 2. The van der Waals surface area contributed by atoms with Crippen LogP contribution in [0, 0.1) is 0 Å². The van der Waals surface area contributed by atoms with E-state index in [9.17, 15) is 9.59 Å². The monoisotopic (exact) mass is 449 g/mol. The number of amides is 2. The summed E-state index contributed by atoms with van der Waals surface area (Å²) in [6, 6.07) is 11.5. The van der Waals surface area contributed by atoms with E-state index in [0.29, 0.717) is 12.1 Å². The third-order valence-electron chi connectivity index (χ3n) is 5.86. The van der Waals surface area contributed by atoms with Crippen molar-refractivity contribution in [2.45, 2.75) is 18.9 Å². The van der Waals surface area contributed by atoms with Crippen LogP contribution < -0.4 is 4.74 Å². The third-order valence-corrected chi connectivity index (χ3v) is 5.86. The van der Waals surface area contributed by atoms with E-state index in [1.165, 1.54) is 0 Å². The minimum absolute atomic E-state index is 0.0165. The van der Waals surface area contributed by atoms with Crippen LogP contribution in [0.4, 0.5) is 0 Å². The highest BCUT2D eigenvalue weighted by Gasteiger charge is 2.24. The maximum absolute atomic E-state index is 12.2. The number of hydrogen-bond donors (Lipinski definition) is 0. The molecule has 3 heterocycles. The van der Waals surface area contributed by atoms with Crippen molar-refractivity contribution in [1.29, 1.82) is 0 Å². The van der Waals surface area contributed by atoms with E-state index in [0.717, 1.165) is 48.4 Å². The fourth-order valence-electron chi connectivity index (χ4n) is 4.10. The molecule has 0 radical (unpaired) electrons. The molecule has 1 fully saturated rings. The van der Waals surface area contributed by atoms with Gasteiger partial charge in [0.15, 0.2) is 0 Å². The first-order valence-electron chi connectivity index (χ1n) is 11.2. The Kier molecular flexibility index (Phi) is 6.65. The maximum Gasteiger partial charge on any atom is 0.253 e. The number of hydrogen-bond acceptors (Lipinski definition) is 5. The van der Waals surface area contributed by atoms with E-state index in [2.05, 4.69) is 4.98 Å². The molecule has 1 aliphatic heterocycles. The summed E-state index contributed by atoms with van der Waals surface area (Å²) in [5.41, 5.74) is 1.65. The van der Waals surface area contributed by atoms with E-state index < -0.39 is 0 Å². The van der Waals surface area contributed by atoms with Crippen LogP contribution in [0.1, 0.15) is 23.2 Å². The highest BCUT2D eigenvalue weighted by atomic mass is 16.5. The van der Waals surface area contributed by atoms with Gasteiger partial charge in [0, 0.05) is 57.2 Å². The number of likely N-dealkylation sites (N-methyl/N-ethyl adjacent to an activating group) is 1. The SMILES string of the molecule is CN(C)CC(=O)N1CCC(Oc2ccc(-n3ccc4cc(C(=O)N(C)C)ccc43)nc2)CC1. The molecule has 0 saturated carbocycles. The van der Waals surface area contributed by atoms with Gasteiger partial charge in [-0.25, -0.2) is 4.98 Å². The zero-order valence-electron chi connectivity index (χ0n) is 19.7. The topological polar surface area (TPSA) is 70.9 Å². The van der Waals surface area contributed by atoms with Gasteiger partial charge in [-0.1, -0.05) is 0 Å². The number of piperidine rings is 1. The smallest absolute Gasteiger partial charge is 0.253 e. The van der Waals surface area contributed by atoms with Crippen molar-refractivity contribution in [3.8, 4) is 11.6 Å². The molecular formula is C25H31N5O3. The van der Waals surface area contributed by atoms with Crippen molar-refractivity contribution < 1.29 is 14.3 Å². The molecule has 174 valence electrons. The van der Waals surface area contributed by atoms with Crippen molar-refractivity contribution >= 4 is 22.7 Å². The van der Waals surface area contributed by atoms with Gasteiger partial charge < -0.3 is 24.0 Å². The lowest BCUT2D eigenvalue weighted by molar-refractivity contribution is -0.133. The predicted octanol–water partition coefficient (Wildman–Crippen LogP) is 2.66. The van der Waals surface area contributed by atoms with Crippen molar-refractivity contribution in [3.63, 3.8) is 0 Å². The van der Waals surface area contributed by atoms with Crippen LogP contribution >= 0.6 is 0 Å². The lowest BCUT2D eigenvalue weighted by Crippen LogP contribution is -2.44. The van der Waals surface area contributed by atoms with Crippen LogP contribution in [0.3, 0.4) is 0 Å². The average Bonchev–Trinajstić information content (AvgIpc) is 3.22. The number of carbonyl (C=O) groups excluding carboxylic acids is 2. The van der Waals surface area contributed by atoms with Crippen LogP contribution in [-0.2, 0) is 4.79 Å². The van der Waals surface area contributed by atoms with Crippen LogP contribution in [-0.4, -0.2) is 90.0 Å². The summed E-state index contributed by atoms with van der Waals surface area (Å²) in [6.07, 6.45) is 5.42. The number of rotatable bonds is 6. The molecule has 2 aromatic heterocycles. The normalized spacial score (nSPS) is 14.6. The average molecular weight is 450 g/mol. The number of ether oxygens (including phenoxy) is 1. The minimum Gasteiger partial charge on any atom is -0.489 e.